The molecule has 0 bridgehead atoms. The van der Waals surface area contributed by atoms with Crippen molar-refractivity contribution in [2.24, 2.45) is 17.6 Å². The van der Waals surface area contributed by atoms with Crippen molar-refractivity contribution >= 4 is 0 Å². The molecule has 2 atom stereocenters. The van der Waals surface area contributed by atoms with E-state index in [1.807, 2.05) is 0 Å². The van der Waals surface area contributed by atoms with Crippen molar-refractivity contribution in [2.45, 2.75) is 58.4 Å². The third-order valence-electron chi connectivity index (χ3n) is 4.47. The number of hydrogen-bond acceptors (Lipinski definition) is 1. The highest BCUT2D eigenvalue weighted by atomic mass is 14.8. The Hall–Kier alpha value is -0.820. The minimum atomic E-state index is -0.0920. The van der Waals surface area contributed by atoms with Gasteiger partial charge in [-0.05, 0) is 42.2 Å². The average Bonchev–Trinajstić information content (AvgIpc) is 2.32. The van der Waals surface area contributed by atoms with Gasteiger partial charge in [0, 0.05) is 5.54 Å². The van der Waals surface area contributed by atoms with E-state index >= 15 is 0 Å². The fourth-order valence-corrected chi connectivity index (χ4v) is 3.26. The number of rotatable bonds is 3. The van der Waals surface area contributed by atoms with Crippen molar-refractivity contribution in [3.05, 3.63) is 35.4 Å². The molecule has 0 aliphatic heterocycles. The lowest BCUT2D eigenvalue weighted by Gasteiger charge is -2.40. The molecule has 1 aliphatic carbocycles. The Morgan fingerprint density at radius 2 is 2.11 bits per heavy atom. The number of benzene rings is 1. The van der Waals surface area contributed by atoms with Gasteiger partial charge in [0.2, 0.25) is 0 Å². The van der Waals surface area contributed by atoms with Crippen LogP contribution in [0.1, 0.15) is 57.6 Å². The Bertz CT molecular complexity index is 396. The number of hydrogen-bond donors (Lipinski definition) is 1. The molecule has 1 aliphatic rings. The van der Waals surface area contributed by atoms with Gasteiger partial charge in [-0.3, -0.25) is 0 Å². The summed E-state index contributed by atoms with van der Waals surface area (Å²) >= 11 is 0. The van der Waals surface area contributed by atoms with Crippen molar-refractivity contribution in [1.29, 1.82) is 0 Å². The van der Waals surface area contributed by atoms with E-state index in [-0.39, 0.29) is 5.54 Å². The molecule has 1 aromatic rings. The molecule has 1 aromatic carbocycles. The molecule has 100 valence electrons. The zero-order valence-electron chi connectivity index (χ0n) is 12.1. The van der Waals surface area contributed by atoms with Crippen LogP contribution in [0.3, 0.4) is 0 Å². The van der Waals surface area contributed by atoms with Crippen LogP contribution >= 0.6 is 0 Å². The largest absolute Gasteiger partial charge is 0.321 e. The van der Waals surface area contributed by atoms with Crippen LogP contribution < -0.4 is 5.73 Å². The summed E-state index contributed by atoms with van der Waals surface area (Å²) in [5.74, 6) is 1.30. The molecule has 18 heavy (non-hydrogen) atoms. The Labute approximate surface area is 112 Å². The van der Waals surface area contributed by atoms with E-state index in [9.17, 15) is 0 Å². The van der Waals surface area contributed by atoms with Crippen LogP contribution in [0.5, 0.6) is 0 Å². The minimum Gasteiger partial charge on any atom is -0.321 e. The molecule has 2 N–H and O–H groups in total. The summed E-state index contributed by atoms with van der Waals surface area (Å²) in [6, 6.07) is 9.00. The second kappa shape index (κ2) is 5.44. The predicted molar refractivity (Wildman–Crippen MR) is 78.5 cm³/mol. The SMILES string of the molecule is CC(C)Cc1cccc(C2(N)CCCCC2C)c1. The maximum Gasteiger partial charge on any atom is 0.0435 e. The van der Waals surface area contributed by atoms with Crippen molar-refractivity contribution < 1.29 is 0 Å². The zero-order valence-corrected chi connectivity index (χ0v) is 12.1. The molecule has 1 heteroatoms. The molecule has 0 spiro atoms. The van der Waals surface area contributed by atoms with Crippen LogP contribution in [-0.2, 0) is 12.0 Å². The lowest BCUT2D eigenvalue weighted by molar-refractivity contribution is 0.207. The first-order valence-electron chi connectivity index (χ1n) is 7.40. The van der Waals surface area contributed by atoms with Crippen LogP contribution in [0.2, 0.25) is 0 Å². The smallest absolute Gasteiger partial charge is 0.0435 e. The summed E-state index contributed by atoms with van der Waals surface area (Å²) in [5.41, 5.74) is 9.42. The summed E-state index contributed by atoms with van der Waals surface area (Å²) in [6.45, 7) is 6.86. The summed E-state index contributed by atoms with van der Waals surface area (Å²) in [7, 11) is 0. The van der Waals surface area contributed by atoms with Gasteiger partial charge < -0.3 is 5.73 Å². The summed E-state index contributed by atoms with van der Waals surface area (Å²) in [5, 5.41) is 0. The maximum absolute atomic E-state index is 6.72. The Morgan fingerprint density at radius 1 is 1.33 bits per heavy atom. The van der Waals surface area contributed by atoms with Crippen molar-refractivity contribution in [3.8, 4) is 0 Å². The van der Waals surface area contributed by atoms with Gasteiger partial charge >= 0.3 is 0 Å². The fourth-order valence-electron chi connectivity index (χ4n) is 3.26. The number of nitrogens with two attached hydrogens (primary N) is 1. The summed E-state index contributed by atoms with van der Waals surface area (Å²) < 4.78 is 0. The molecule has 0 radical (unpaired) electrons. The molecule has 1 fully saturated rings. The van der Waals surface area contributed by atoms with Crippen LogP contribution in [0.25, 0.3) is 0 Å². The van der Waals surface area contributed by atoms with Gasteiger partial charge in [0.1, 0.15) is 0 Å². The molecule has 0 amide bonds. The molecule has 2 rings (SSSR count). The first-order valence-corrected chi connectivity index (χ1v) is 7.40. The van der Waals surface area contributed by atoms with Crippen LogP contribution in [0.4, 0.5) is 0 Å². The molecule has 2 unspecified atom stereocenters. The van der Waals surface area contributed by atoms with Crippen LogP contribution in [0, 0.1) is 11.8 Å². The van der Waals surface area contributed by atoms with E-state index in [0.717, 1.165) is 12.8 Å². The highest BCUT2D eigenvalue weighted by Gasteiger charge is 2.35. The van der Waals surface area contributed by atoms with Gasteiger partial charge in [-0.2, -0.15) is 0 Å². The van der Waals surface area contributed by atoms with Gasteiger partial charge in [0.05, 0.1) is 0 Å². The Morgan fingerprint density at radius 3 is 2.78 bits per heavy atom. The van der Waals surface area contributed by atoms with Crippen LogP contribution in [-0.4, -0.2) is 0 Å². The van der Waals surface area contributed by atoms with E-state index in [1.54, 1.807) is 0 Å². The highest BCUT2D eigenvalue weighted by Crippen LogP contribution is 2.39. The third kappa shape index (κ3) is 2.77. The van der Waals surface area contributed by atoms with Crippen molar-refractivity contribution in [3.63, 3.8) is 0 Å². The second-order valence-corrected chi connectivity index (χ2v) is 6.49. The van der Waals surface area contributed by atoms with Gasteiger partial charge in [0.25, 0.3) is 0 Å². The molecule has 1 saturated carbocycles. The molecule has 0 aromatic heterocycles. The Kier molecular flexibility index (Phi) is 4.11. The van der Waals surface area contributed by atoms with Gasteiger partial charge in [-0.25, -0.2) is 0 Å². The second-order valence-electron chi connectivity index (χ2n) is 6.49. The molecule has 0 saturated heterocycles. The van der Waals surface area contributed by atoms with Crippen LogP contribution in [0.15, 0.2) is 24.3 Å². The summed E-state index contributed by atoms with van der Waals surface area (Å²) in [6.07, 6.45) is 6.17. The van der Waals surface area contributed by atoms with E-state index in [4.69, 9.17) is 5.73 Å². The molecule has 1 nitrogen and oxygen atoms in total. The summed E-state index contributed by atoms with van der Waals surface area (Å²) in [4.78, 5) is 0. The normalized spacial score (nSPS) is 28.6. The van der Waals surface area contributed by atoms with Crippen molar-refractivity contribution in [2.75, 3.05) is 0 Å². The topological polar surface area (TPSA) is 26.0 Å². The molecular formula is C17H27N. The first kappa shape index (κ1) is 13.6. The quantitative estimate of drug-likeness (QED) is 0.846. The average molecular weight is 245 g/mol. The fraction of sp³-hybridized carbons (Fsp3) is 0.647. The van der Waals surface area contributed by atoms with Crippen molar-refractivity contribution in [1.82, 2.24) is 0 Å². The molecular weight excluding hydrogens is 218 g/mol. The van der Waals surface area contributed by atoms with E-state index in [2.05, 4.69) is 45.0 Å². The zero-order chi connectivity index (χ0) is 13.2. The minimum absolute atomic E-state index is 0.0920. The Balaban J connectivity index is 2.26. The lowest BCUT2D eigenvalue weighted by atomic mass is 9.70. The lowest BCUT2D eigenvalue weighted by Crippen LogP contribution is -2.45. The van der Waals surface area contributed by atoms with Gasteiger partial charge in [0.15, 0.2) is 0 Å². The highest BCUT2D eigenvalue weighted by molar-refractivity contribution is 5.30. The monoisotopic (exact) mass is 245 g/mol. The van der Waals surface area contributed by atoms with Gasteiger partial charge in [-0.15, -0.1) is 0 Å². The third-order valence-corrected chi connectivity index (χ3v) is 4.47. The first-order chi connectivity index (χ1) is 8.52. The standard InChI is InChI=1S/C17H27N/c1-13(2)11-15-8-6-9-16(12-15)17(18)10-5-4-7-14(17)3/h6,8-9,12-14H,4-5,7,10-11,18H2,1-3H3. The van der Waals surface area contributed by atoms with E-state index in [1.165, 1.54) is 30.4 Å². The predicted octanol–water partition coefficient (Wildman–Crippen LogP) is 4.25. The van der Waals surface area contributed by atoms with Gasteiger partial charge in [-0.1, -0.05) is 57.9 Å². The van der Waals surface area contributed by atoms with E-state index < -0.39 is 0 Å². The maximum atomic E-state index is 6.72. The van der Waals surface area contributed by atoms with E-state index in [0.29, 0.717) is 11.8 Å². The molecule has 0 heterocycles.